The smallest absolute Gasteiger partial charge is 0.252 e. The molecule has 4 nitrogen and oxygen atoms in total. The van der Waals surface area contributed by atoms with Gasteiger partial charge in [0.2, 0.25) is 5.91 Å². The Bertz CT molecular complexity index is 211. The number of rotatable bonds is 3. The molecule has 2 amide bonds. The highest BCUT2D eigenvalue weighted by Gasteiger charge is 2.13. The van der Waals surface area contributed by atoms with Crippen molar-refractivity contribution in [2.75, 3.05) is 0 Å². The number of amides is 2. The van der Waals surface area contributed by atoms with Gasteiger partial charge in [0.1, 0.15) is 0 Å². The molecule has 0 aliphatic heterocycles. The van der Waals surface area contributed by atoms with Crippen molar-refractivity contribution in [3.8, 4) is 0 Å². The molecule has 0 saturated heterocycles. The Morgan fingerprint density at radius 1 is 1.58 bits per heavy atom. The number of nitrogens with two attached hydrogens (primary N) is 1. The highest BCUT2D eigenvalue weighted by molar-refractivity contribution is 6.04. The second-order valence-electron chi connectivity index (χ2n) is 2.61. The monoisotopic (exact) mass is 170 g/mol. The molecular formula is C8H14N2O2. The molecule has 0 aliphatic carbocycles. The molecule has 0 saturated carbocycles. The molecule has 0 aliphatic rings. The molecule has 0 fully saturated rings. The van der Waals surface area contributed by atoms with Crippen molar-refractivity contribution in [3.63, 3.8) is 0 Å². The Morgan fingerprint density at radius 3 is 2.42 bits per heavy atom. The lowest BCUT2D eigenvalue weighted by atomic mass is 10.2. The summed E-state index contributed by atoms with van der Waals surface area (Å²) in [5, 5.41) is 2.13. The Kier molecular flexibility index (Phi) is 4.21. The molecule has 0 aromatic rings. The van der Waals surface area contributed by atoms with Crippen LogP contribution in [0.1, 0.15) is 20.3 Å². The first-order chi connectivity index (χ1) is 5.49. The fraction of sp³-hybridized carbons (Fsp3) is 0.500. The van der Waals surface area contributed by atoms with E-state index in [2.05, 4.69) is 11.9 Å². The topological polar surface area (TPSA) is 72.2 Å². The zero-order valence-electron chi connectivity index (χ0n) is 7.39. The van der Waals surface area contributed by atoms with Gasteiger partial charge in [0, 0.05) is 5.57 Å². The Hall–Kier alpha value is -1.16. The number of carbonyl (C=O) groups is 2. The van der Waals surface area contributed by atoms with E-state index in [-0.39, 0.29) is 0 Å². The van der Waals surface area contributed by atoms with Crippen molar-refractivity contribution < 1.29 is 9.59 Å². The van der Waals surface area contributed by atoms with Crippen LogP contribution in [0.25, 0.3) is 0 Å². The van der Waals surface area contributed by atoms with E-state index in [4.69, 9.17) is 5.73 Å². The zero-order chi connectivity index (χ0) is 9.72. The molecule has 0 aromatic heterocycles. The predicted octanol–water partition coefficient (Wildman–Crippen LogP) is -0.0574. The van der Waals surface area contributed by atoms with Crippen molar-refractivity contribution in [1.82, 2.24) is 5.32 Å². The summed E-state index contributed by atoms with van der Waals surface area (Å²) < 4.78 is 0. The second-order valence-corrected chi connectivity index (χ2v) is 2.61. The minimum atomic E-state index is -0.617. The van der Waals surface area contributed by atoms with Crippen LogP contribution in [0.3, 0.4) is 0 Å². The van der Waals surface area contributed by atoms with E-state index in [0.29, 0.717) is 12.0 Å². The van der Waals surface area contributed by atoms with E-state index in [1.54, 1.807) is 6.92 Å². The van der Waals surface area contributed by atoms with Gasteiger partial charge in [-0.25, -0.2) is 0 Å². The molecule has 1 unspecified atom stereocenters. The average molecular weight is 170 g/mol. The maximum atomic E-state index is 11.0. The molecule has 0 heterocycles. The normalized spacial score (nSPS) is 11.9. The number of nitrogens with one attached hydrogen (secondary N) is 1. The van der Waals surface area contributed by atoms with Crippen LogP contribution >= 0.6 is 0 Å². The van der Waals surface area contributed by atoms with Crippen LogP contribution in [-0.2, 0) is 9.59 Å². The molecule has 12 heavy (non-hydrogen) atoms. The standard InChI is InChI=1S/C8H14N2O2/c1-4-6(9)8(12)10-7(11)5(2)3/h6H,2,4,9H2,1,3H3,(H,10,11,12). The molecule has 68 valence electrons. The molecule has 0 radical (unpaired) electrons. The van der Waals surface area contributed by atoms with Gasteiger partial charge in [-0.2, -0.15) is 0 Å². The maximum Gasteiger partial charge on any atom is 0.252 e. The van der Waals surface area contributed by atoms with Gasteiger partial charge in [-0.05, 0) is 13.3 Å². The summed E-state index contributed by atoms with van der Waals surface area (Å²) in [5.41, 5.74) is 5.67. The summed E-state index contributed by atoms with van der Waals surface area (Å²) in [4.78, 5) is 21.9. The van der Waals surface area contributed by atoms with E-state index in [0.717, 1.165) is 0 Å². The molecule has 0 aromatic carbocycles. The first-order valence-electron chi connectivity index (χ1n) is 3.75. The Balaban J connectivity index is 4.01. The first-order valence-corrected chi connectivity index (χ1v) is 3.75. The summed E-state index contributed by atoms with van der Waals surface area (Å²) in [6, 6.07) is -0.617. The third-order valence-electron chi connectivity index (χ3n) is 1.40. The van der Waals surface area contributed by atoms with Gasteiger partial charge in [-0.3, -0.25) is 14.9 Å². The largest absolute Gasteiger partial charge is 0.320 e. The summed E-state index contributed by atoms with van der Waals surface area (Å²) in [6.45, 7) is 6.69. The minimum Gasteiger partial charge on any atom is -0.320 e. The van der Waals surface area contributed by atoms with Crippen LogP contribution in [0.4, 0.5) is 0 Å². The van der Waals surface area contributed by atoms with Gasteiger partial charge < -0.3 is 5.73 Å². The SMILES string of the molecule is C=C(C)C(=O)NC(=O)C(N)CC. The number of carbonyl (C=O) groups excluding carboxylic acids is 2. The highest BCUT2D eigenvalue weighted by Crippen LogP contribution is 1.89. The summed E-state index contributed by atoms with van der Waals surface area (Å²) in [5.74, 6) is -0.922. The summed E-state index contributed by atoms with van der Waals surface area (Å²) in [6.07, 6.45) is 0.509. The van der Waals surface area contributed by atoms with Gasteiger partial charge in [0.05, 0.1) is 6.04 Å². The zero-order valence-corrected chi connectivity index (χ0v) is 7.39. The fourth-order valence-electron chi connectivity index (χ4n) is 0.497. The summed E-state index contributed by atoms with van der Waals surface area (Å²) in [7, 11) is 0. The molecule has 3 N–H and O–H groups in total. The molecule has 0 rings (SSSR count). The number of hydrogen-bond acceptors (Lipinski definition) is 3. The minimum absolute atomic E-state index is 0.298. The van der Waals surface area contributed by atoms with E-state index >= 15 is 0 Å². The van der Waals surface area contributed by atoms with Gasteiger partial charge in [-0.1, -0.05) is 13.5 Å². The van der Waals surface area contributed by atoms with E-state index < -0.39 is 17.9 Å². The number of hydrogen-bond donors (Lipinski definition) is 2. The highest BCUT2D eigenvalue weighted by atomic mass is 16.2. The Labute approximate surface area is 71.8 Å². The predicted molar refractivity (Wildman–Crippen MR) is 46.2 cm³/mol. The maximum absolute atomic E-state index is 11.0. The van der Waals surface area contributed by atoms with Crippen molar-refractivity contribution in [3.05, 3.63) is 12.2 Å². The van der Waals surface area contributed by atoms with Gasteiger partial charge in [0.15, 0.2) is 0 Å². The van der Waals surface area contributed by atoms with Crippen LogP contribution < -0.4 is 11.1 Å². The van der Waals surface area contributed by atoms with Crippen LogP contribution in [0, 0.1) is 0 Å². The van der Waals surface area contributed by atoms with Crippen molar-refractivity contribution in [2.24, 2.45) is 5.73 Å². The third-order valence-corrected chi connectivity index (χ3v) is 1.40. The first kappa shape index (κ1) is 10.8. The van der Waals surface area contributed by atoms with Gasteiger partial charge >= 0.3 is 0 Å². The van der Waals surface area contributed by atoms with Crippen LogP contribution in [0.2, 0.25) is 0 Å². The lowest BCUT2D eigenvalue weighted by Crippen LogP contribution is -2.43. The lowest BCUT2D eigenvalue weighted by molar-refractivity contribution is -0.129. The van der Waals surface area contributed by atoms with Crippen LogP contribution in [0.5, 0.6) is 0 Å². The van der Waals surface area contributed by atoms with E-state index in [1.807, 2.05) is 0 Å². The Morgan fingerprint density at radius 2 is 2.08 bits per heavy atom. The van der Waals surface area contributed by atoms with Crippen molar-refractivity contribution in [1.29, 1.82) is 0 Å². The van der Waals surface area contributed by atoms with E-state index in [9.17, 15) is 9.59 Å². The summed E-state index contributed by atoms with van der Waals surface area (Å²) >= 11 is 0. The molecule has 1 atom stereocenters. The quantitative estimate of drug-likeness (QED) is 0.583. The molecule has 4 heteroatoms. The lowest BCUT2D eigenvalue weighted by Gasteiger charge is -2.07. The number of imide groups is 1. The van der Waals surface area contributed by atoms with Gasteiger partial charge in [0.25, 0.3) is 5.91 Å². The second kappa shape index (κ2) is 4.66. The van der Waals surface area contributed by atoms with Crippen molar-refractivity contribution in [2.45, 2.75) is 26.3 Å². The van der Waals surface area contributed by atoms with Gasteiger partial charge in [-0.15, -0.1) is 0 Å². The van der Waals surface area contributed by atoms with Crippen LogP contribution in [0.15, 0.2) is 12.2 Å². The third kappa shape index (κ3) is 3.30. The fourth-order valence-corrected chi connectivity index (χ4v) is 0.497. The molecular weight excluding hydrogens is 156 g/mol. The molecule has 0 spiro atoms. The van der Waals surface area contributed by atoms with Crippen molar-refractivity contribution >= 4 is 11.8 Å². The van der Waals surface area contributed by atoms with Crippen LogP contribution in [-0.4, -0.2) is 17.9 Å². The van der Waals surface area contributed by atoms with E-state index in [1.165, 1.54) is 6.92 Å². The average Bonchev–Trinajstić information content (AvgIpc) is 2.02. The molecule has 0 bridgehead atoms.